The summed E-state index contributed by atoms with van der Waals surface area (Å²) in [5, 5.41) is 0. The Balaban J connectivity index is 1.68. The average molecular weight is 229 g/mol. The van der Waals surface area contributed by atoms with Crippen LogP contribution in [-0.2, 0) is 11.2 Å². The van der Waals surface area contributed by atoms with Gasteiger partial charge in [0.05, 0.1) is 5.54 Å². The second kappa shape index (κ2) is 3.95. The van der Waals surface area contributed by atoms with E-state index in [4.69, 9.17) is 5.73 Å². The topological polar surface area (TPSA) is 43.1 Å². The molecule has 2 aliphatic carbocycles. The lowest BCUT2D eigenvalue weighted by atomic mass is 9.73. The Bertz CT molecular complexity index is 446. The first-order valence-corrected chi connectivity index (χ1v) is 6.59. The van der Waals surface area contributed by atoms with Crippen molar-refractivity contribution in [3.05, 3.63) is 35.4 Å². The van der Waals surface area contributed by atoms with Gasteiger partial charge in [-0.15, -0.1) is 0 Å². The molecule has 0 heterocycles. The van der Waals surface area contributed by atoms with Crippen molar-refractivity contribution in [2.24, 2.45) is 5.73 Å². The van der Waals surface area contributed by atoms with Gasteiger partial charge < -0.3 is 5.73 Å². The molecule has 0 saturated heterocycles. The summed E-state index contributed by atoms with van der Waals surface area (Å²) in [7, 11) is 0. The third-order valence-electron chi connectivity index (χ3n) is 4.44. The van der Waals surface area contributed by atoms with Crippen molar-refractivity contribution in [2.75, 3.05) is 0 Å². The lowest BCUT2D eigenvalue weighted by Gasteiger charge is -2.32. The third kappa shape index (κ3) is 1.81. The van der Waals surface area contributed by atoms with Gasteiger partial charge in [-0.1, -0.05) is 37.1 Å². The van der Waals surface area contributed by atoms with Crippen molar-refractivity contribution in [3.8, 4) is 0 Å². The molecule has 3 rings (SSSR count). The predicted octanol–water partition coefficient (Wildman–Crippen LogP) is 2.56. The Hall–Kier alpha value is -1.15. The smallest absolute Gasteiger partial charge is 0.153 e. The Morgan fingerprint density at radius 2 is 2.00 bits per heavy atom. The molecule has 17 heavy (non-hydrogen) atoms. The molecule has 2 aliphatic rings. The van der Waals surface area contributed by atoms with Crippen molar-refractivity contribution >= 4 is 5.78 Å². The highest BCUT2D eigenvalue weighted by atomic mass is 16.1. The Morgan fingerprint density at radius 1 is 1.29 bits per heavy atom. The molecule has 0 amide bonds. The maximum Gasteiger partial charge on any atom is 0.153 e. The molecule has 0 aliphatic heterocycles. The van der Waals surface area contributed by atoms with Gasteiger partial charge in [0.2, 0.25) is 0 Å². The van der Waals surface area contributed by atoms with E-state index in [0.29, 0.717) is 12.3 Å². The van der Waals surface area contributed by atoms with E-state index in [0.717, 1.165) is 32.1 Å². The molecule has 2 heteroatoms. The average Bonchev–Trinajstić information content (AvgIpc) is 2.74. The molecule has 1 aromatic carbocycles. The summed E-state index contributed by atoms with van der Waals surface area (Å²) in [5.74, 6) is 0.717. The zero-order valence-electron chi connectivity index (χ0n) is 10.1. The quantitative estimate of drug-likeness (QED) is 0.865. The van der Waals surface area contributed by atoms with Crippen molar-refractivity contribution in [1.29, 1.82) is 0 Å². The molecule has 1 fully saturated rings. The molecule has 1 saturated carbocycles. The third-order valence-corrected chi connectivity index (χ3v) is 4.44. The Kier molecular flexibility index (Phi) is 2.55. The van der Waals surface area contributed by atoms with E-state index in [1.54, 1.807) is 0 Å². The highest BCUT2D eigenvalue weighted by Crippen LogP contribution is 2.39. The van der Waals surface area contributed by atoms with Crippen LogP contribution in [0.25, 0.3) is 0 Å². The predicted molar refractivity (Wildman–Crippen MR) is 67.9 cm³/mol. The lowest BCUT2D eigenvalue weighted by Crippen LogP contribution is -2.46. The van der Waals surface area contributed by atoms with Crippen LogP contribution in [0.4, 0.5) is 0 Å². The number of ketones is 1. The zero-order chi connectivity index (χ0) is 11.9. The van der Waals surface area contributed by atoms with Gasteiger partial charge in [-0.3, -0.25) is 4.79 Å². The minimum Gasteiger partial charge on any atom is -0.319 e. The van der Waals surface area contributed by atoms with E-state index in [1.807, 2.05) is 0 Å². The SMILES string of the molecule is NC1(C(=O)CC2Cc3ccccc32)CCCC1. The van der Waals surface area contributed by atoms with E-state index in [9.17, 15) is 4.79 Å². The van der Waals surface area contributed by atoms with Gasteiger partial charge in [-0.05, 0) is 36.3 Å². The van der Waals surface area contributed by atoms with Crippen LogP contribution in [0.15, 0.2) is 24.3 Å². The molecule has 2 N–H and O–H groups in total. The van der Waals surface area contributed by atoms with E-state index in [2.05, 4.69) is 24.3 Å². The number of Topliss-reactive ketones (excluding diaryl/α,β-unsaturated/α-hetero) is 1. The highest BCUT2D eigenvalue weighted by molar-refractivity contribution is 5.89. The minimum absolute atomic E-state index is 0.287. The number of benzene rings is 1. The number of fused-ring (bicyclic) bond motifs is 1. The van der Waals surface area contributed by atoms with Gasteiger partial charge in [0, 0.05) is 6.42 Å². The number of hydrogen-bond donors (Lipinski definition) is 1. The summed E-state index contributed by atoms with van der Waals surface area (Å²) >= 11 is 0. The van der Waals surface area contributed by atoms with Crippen LogP contribution in [0.2, 0.25) is 0 Å². The summed E-state index contributed by atoms with van der Waals surface area (Å²) in [6, 6.07) is 8.43. The second-order valence-electron chi connectivity index (χ2n) is 5.59. The Labute approximate surface area is 102 Å². The van der Waals surface area contributed by atoms with Gasteiger partial charge in [-0.25, -0.2) is 0 Å². The monoisotopic (exact) mass is 229 g/mol. The van der Waals surface area contributed by atoms with Crippen LogP contribution in [0.1, 0.15) is 49.1 Å². The minimum atomic E-state index is -0.496. The summed E-state index contributed by atoms with van der Waals surface area (Å²) in [6.45, 7) is 0. The first-order valence-electron chi connectivity index (χ1n) is 6.59. The summed E-state index contributed by atoms with van der Waals surface area (Å²) in [6.07, 6.45) is 5.71. The number of rotatable bonds is 3. The van der Waals surface area contributed by atoms with Crippen molar-refractivity contribution in [1.82, 2.24) is 0 Å². The number of hydrogen-bond acceptors (Lipinski definition) is 2. The van der Waals surface area contributed by atoms with Gasteiger partial charge in [-0.2, -0.15) is 0 Å². The normalized spacial score (nSPS) is 25.1. The standard InChI is InChI=1S/C15H19NO/c16-15(7-3-4-8-15)14(17)10-12-9-11-5-1-2-6-13(11)12/h1-2,5-6,12H,3-4,7-10,16H2. The molecule has 0 bridgehead atoms. The molecule has 0 spiro atoms. The van der Waals surface area contributed by atoms with Crippen molar-refractivity contribution in [2.45, 2.75) is 50.0 Å². The van der Waals surface area contributed by atoms with E-state index in [-0.39, 0.29) is 5.78 Å². The molecule has 1 atom stereocenters. The summed E-state index contributed by atoms with van der Waals surface area (Å²) in [4.78, 5) is 12.3. The number of nitrogens with two attached hydrogens (primary N) is 1. The Morgan fingerprint density at radius 3 is 2.71 bits per heavy atom. The second-order valence-corrected chi connectivity index (χ2v) is 5.59. The van der Waals surface area contributed by atoms with Crippen LogP contribution in [0.3, 0.4) is 0 Å². The number of carbonyl (C=O) groups excluding carboxylic acids is 1. The molecule has 0 radical (unpaired) electrons. The van der Waals surface area contributed by atoms with Crippen LogP contribution in [0.5, 0.6) is 0 Å². The fraction of sp³-hybridized carbons (Fsp3) is 0.533. The van der Waals surface area contributed by atoms with E-state index < -0.39 is 5.54 Å². The molecule has 2 nitrogen and oxygen atoms in total. The fourth-order valence-electron chi connectivity index (χ4n) is 3.26. The van der Waals surface area contributed by atoms with E-state index >= 15 is 0 Å². The molecule has 1 unspecified atom stereocenters. The molecule has 0 aromatic heterocycles. The van der Waals surface area contributed by atoms with Crippen molar-refractivity contribution < 1.29 is 4.79 Å². The summed E-state index contributed by atoms with van der Waals surface area (Å²) in [5.41, 5.74) is 8.47. The van der Waals surface area contributed by atoms with Gasteiger partial charge in [0.15, 0.2) is 5.78 Å². The van der Waals surface area contributed by atoms with Gasteiger partial charge >= 0.3 is 0 Å². The first-order chi connectivity index (χ1) is 8.19. The molecular weight excluding hydrogens is 210 g/mol. The number of carbonyl (C=O) groups is 1. The first kappa shape index (κ1) is 11.0. The van der Waals surface area contributed by atoms with Gasteiger partial charge in [0.1, 0.15) is 0 Å². The summed E-state index contributed by atoms with van der Waals surface area (Å²) < 4.78 is 0. The molecule has 90 valence electrons. The van der Waals surface area contributed by atoms with Crippen LogP contribution < -0.4 is 5.73 Å². The van der Waals surface area contributed by atoms with Crippen LogP contribution in [-0.4, -0.2) is 11.3 Å². The molecule has 1 aromatic rings. The maximum absolute atomic E-state index is 12.3. The highest BCUT2D eigenvalue weighted by Gasteiger charge is 2.39. The van der Waals surface area contributed by atoms with E-state index in [1.165, 1.54) is 11.1 Å². The molecular formula is C15H19NO. The van der Waals surface area contributed by atoms with Crippen LogP contribution in [0, 0.1) is 0 Å². The van der Waals surface area contributed by atoms with Crippen LogP contribution >= 0.6 is 0 Å². The fourth-order valence-corrected chi connectivity index (χ4v) is 3.26. The van der Waals surface area contributed by atoms with Crippen molar-refractivity contribution in [3.63, 3.8) is 0 Å². The largest absolute Gasteiger partial charge is 0.319 e. The maximum atomic E-state index is 12.3. The van der Waals surface area contributed by atoms with Gasteiger partial charge in [0.25, 0.3) is 0 Å². The lowest BCUT2D eigenvalue weighted by molar-refractivity contribution is -0.124. The zero-order valence-corrected chi connectivity index (χ0v) is 10.1.